The van der Waals surface area contributed by atoms with Crippen LogP contribution < -0.4 is 0 Å². The molecule has 114 valence electrons. The third kappa shape index (κ3) is 3.01. The van der Waals surface area contributed by atoms with Gasteiger partial charge in [0.2, 0.25) is 0 Å². The summed E-state index contributed by atoms with van der Waals surface area (Å²) in [5.41, 5.74) is 3.54. The number of hydrogen-bond acceptors (Lipinski definition) is 4. The molecular formula is C17H16N6. The van der Waals surface area contributed by atoms with Crippen LogP contribution in [-0.4, -0.2) is 31.3 Å². The number of pyridine rings is 1. The number of allylic oxidation sites excluding steroid dienone is 2. The van der Waals surface area contributed by atoms with Gasteiger partial charge in [-0.25, -0.2) is 14.3 Å². The molecule has 0 aromatic carbocycles. The lowest BCUT2D eigenvalue weighted by molar-refractivity contribution is 0.848. The Labute approximate surface area is 134 Å². The zero-order valence-corrected chi connectivity index (χ0v) is 12.8. The summed E-state index contributed by atoms with van der Waals surface area (Å²) in [5.74, 6) is 0.760. The molecule has 6 heteroatoms. The molecule has 0 aliphatic heterocycles. The Kier molecular flexibility index (Phi) is 3.97. The maximum atomic E-state index is 4.64. The van der Waals surface area contributed by atoms with Gasteiger partial charge in [0.25, 0.3) is 0 Å². The van der Waals surface area contributed by atoms with Crippen molar-refractivity contribution in [1.29, 1.82) is 0 Å². The summed E-state index contributed by atoms with van der Waals surface area (Å²) >= 11 is 0. The topological polar surface area (TPSA) is 60.9 Å². The average molecular weight is 304 g/mol. The Morgan fingerprint density at radius 2 is 2.09 bits per heavy atom. The van der Waals surface area contributed by atoms with E-state index in [1.165, 1.54) is 0 Å². The van der Waals surface area contributed by atoms with Gasteiger partial charge >= 0.3 is 0 Å². The molecule has 0 atom stereocenters. The van der Waals surface area contributed by atoms with Gasteiger partial charge in [-0.15, -0.1) is 0 Å². The summed E-state index contributed by atoms with van der Waals surface area (Å²) in [5, 5.41) is 8.60. The van der Waals surface area contributed by atoms with Crippen molar-refractivity contribution in [3.63, 3.8) is 0 Å². The zero-order valence-electron chi connectivity index (χ0n) is 12.8. The number of aryl methyl sites for hydroxylation is 1. The fourth-order valence-corrected chi connectivity index (χ4v) is 2.14. The molecule has 6 nitrogen and oxygen atoms in total. The van der Waals surface area contributed by atoms with Crippen molar-refractivity contribution >= 4 is 12.4 Å². The molecule has 3 aromatic rings. The Bertz CT molecular complexity index is 884. The normalized spacial score (nSPS) is 11.4. The van der Waals surface area contributed by atoms with Gasteiger partial charge in [0.1, 0.15) is 0 Å². The van der Waals surface area contributed by atoms with Gasteiger partial charge in [-0.05, 0) is 37.4 Å². The SMILES string of the molecule is C=C/C(=C\N=C)n1cc(-c2cccc(-n3cc(C)cn3)n2)cn1. The zero-order chi connectivity index (χ0) is 16.2. The van der Waals surface area contributed by atoms with E-state index >= 15 is 0 Å². The molecule has 0 spiro atoms. The van der Waals surface area contributed by atoms with Crippen molar-refractivity contribution in [2.24, 2.45) is 4.99 Å². The number of hydrogen-bond donors (Lipinski definition) is 0. The molecule has 3 heterocycles. The lowest BCUT2D eigenvalue weighted by Crippen LogP contribution is -1.98. The van der Waals surface area contributed by atoms with Crippen LogP contribution in [0.1, 0.15) is 5.56 Å². The van der Waals surface area contributed by atoms with Crippen molar-refractivity contribution < 1.29 is 0 Å². The van der Waals surface area contributed by atoms with Crippen LogP contribution in [0.5, 0.6) is 0 Å². The fourth-order valence-electron chi connectivity index (χ4n) is 2.14. The Hall–Kier alpha value is -3.28. The highest BCUT2D eigenvalue weighted by Gasteiger charge is 2.07. The first-order valence-corrected chi connectivity index (χ1v) is 7.04. The maximum absolute atomic E-state index is 4.64. The largest absolute Gasteiger partial charge is 0.270 e. The van der Waals surface area contributed by atoms with E-state index < -0.39 is 0 Å². The molecule has 0 unspecified atom stereocenters. The smallest absolute Gasteiger partial charge is 0.153 e. The van der Waals surface area contributed by atoms with Gasteiger partial charge in [-0.3, -0.25) is 4.99 Å². The van der Waals surface area contributed by atoms with Gasteiger partial charge < -0.3 is 0 Å². The summed E-state index contributed by atoms with van der Waals surface area (Å²) in [7, 11) is 0. The van der Waals surface area contributed by atoms with Crippen LogP contribution >= 0.6 is 0 Å². The van der Waals surface area contributed by atoms with Crippen LogP contribution in [0, 0.1) is 6.92 Å². The molecule has 0 N–H and O–H groups in total. The lowest BCUT2D eigenvalue weighted by atomic mass is 10.2. The van der Waals surface area contributed by atoms with Crippen LogP contribution in [0.3, 0.4) is 0 Å². The monoisotopic (exact) mass is 304 g/mol. The molecule has 0 saturated carbocycles. The summed E-state index contributed by atoms with van der Waals surface area (Å²) in [6.07, 6.45) is 10.6. The Morgan fingerprint density at radius 3 is 2.78 bits per heavy atom. The van der Waals surface area contributed by atoms with Gasteiger partial charge in [0.15, 0.2) is 5.82 Å². The van der Waals surface area contributed by atoms with Crippen molar-refractivity contribution in [2.75, 3.05) is 0 Å². The number of aromatic nitrogens is 5. The third-order valence-electron chi connectivity index (χ3n) is 3.26. The highest BCUT2D eigenvalue weighted by molar-refractivity contribution is 5.62. The van der Waals surface area contributed by atoms with Crippen LogP contribution in [0.2, 0.25) is 0 Å². The quantitative estimate of drug-likeness (QED) is 0.537. The van der Waals surface area contributed by atoms with Gasteiger partial charge in [-0.1, -0.05) is 12.6 Å². The fraction of sp³-hybridized carbons (Fsp3) is 0.0588. The number of aliphatic imine (C=N–C) groups is 1. The van der Waals surface area contributed by atoms with E-state index in [-0.39, 0.29) is 0 Å². The molecule has 0 amide bonds. The Morgan fingerprint density at radius 1 is 1.22 bits per heavy atom. The molecule has 0 fully saturated rings. The van der Waals surface area contributed by atoms with Crippen LogP contribution in [-0.2, 0) is 0 Å². The Balaban J connectivity index is 1.97. The minimum Gasteiger partial charge on any atom is -0.270 e. The first-order valence-electron chi connectivity index (χ1n) is 7.04. The summed E-state index contributed by atoms with van der Waals surface area (Å²) in [4.78, 5) is 8.39. The minimum atomic E-state index is 0.741. The molecule has 3 aromatic heterocycles. The molecule has 0 radical (unpaired) electrons. The van der Waals surface area contributed by atoms with Crippen LogP contribution in [0.15, 0.2) is 66.8 Å². The van der Waals surface area contributed by atoms with Crippen molar-refractivity contribution in [3.05, 3.63) is 67.4 Å². The number of rotatable bonds is 5. The second-order valence-corrected chi connectivity index (χ2v) is 4.96. The molecule has 0 aliphatic rings. The van der Waals surface area contributed by atoms with Crippen LogP contribution in [0.4, 0.5) is 0 Å². The molecule has 0 bridgehead atoms. The average Bonchev–Trinajstić information content (AvgIpc) is 3.22. The van der Waals surface area contributed by atoms with Gasteiger partial charge in [0, 0.05) is 18.0 Å². The molecular weight excluding hydrogens is 288 g/mol. The predicted molar refractivity (Wildman–Crippen MR) is 91.3 cm³/mol. The first-order chi connectivity index (χ1) is 11.2. The van der Waals surface area contributed by atoms with E-state index in [1.807, 2.05) is 37.5 Å². The van der Waals surface area contributed by atoms with E-state index in [0.29, 0.717) is 0 Å². The summed E-state index contributed by atoms with van der Waals surface area (Å²) in [6, 6.07) is 5.79. The highest BCUT2D eigenvalue weighted by atomic mass is 15.3. The van der Waals surface area contributed by atoms with Gasteiger partial charge in [-0.2, -0.15) is 10.2 Å². The highest BCUT2D eigenvalue weighted by Crippen LogP contribution is 2.19. The third-order valence-corrected chi connectivity index (χ3v) is 3.26. The predicted octanol–water partition coefficient (Wildman–Crippen LogP) is 3.12. The molecule has 3 rings (SSSR count). The van der Waals surface area contributed by atoms with E-state index in [1.54, 1.807) is 34.0 Å². The van der Waals surface area contributed by atoms with Crippen molar-refractivity contribution in [2.45, 2.75) is 6.92 Å². The summed E-state index contributed by atoms with van der Waals surface area (Å²) in [6.45, 7) is 9.19. The second-order valence-electron chi connectivity index (χ2n) is 4.96. The van der Waals surface area contributed by atoms with E-state index in [4.69, 9.17) is 0 Å². The van der Waals surface area contributed by atoms with Crippen LogP contribution in [0.25, 0.3) is 22.8 Å². The molecule has 23 heavy (non-hydrogen) atoms. The number of nitrogens with zero attached hydrogens (tertiary/aromatic N) is 6. The van der Waals surface area contributed by atoms with Gasteiger partial charge in [0.05, 0.1) is 30.0 Å². The second kappa shape index (κ2) is 6.23. The van der Waals surface area contributed by atoms with E-state index in [9.17, 15) is 0 Å². The molecule has 0 saturated heterocycles. The van der Waals surface area contributed by atoms with E-state index in [0.717, 1.165) is 28.3 Å². The van der Waals surface area contributed by atoms with Crippen molar-refractivity contribution in [3.8, 4) is 17.1 Å². The van der Waals surface area contributed by atoms with Crippen molar-refractivity contribution in [1.82, 2.24) is 24.5 Å². The molecule has 0 aliphatic carbocycles. The maximum Gasteiger partial charge on any atom is 0.153 e. The standard InChI is InChI=1S/C17H16N6/c1-4-15(10-18-3)22-12-14(9-20-22)16-6-5-7-17(21-16)23-11-13(2)8-19-23/h4-12H,1,3H2,2H3/b15-10+. The van der Waals surface area contributed by atoms with E-state index in [2.05, 4.69) is 33.5 Å². The first kappa shape index (κ1) is 14.6. The minimum absolute atomic E-state index is 0.741. The lowest BCUT2D eigenvalue weighted by Gasteiger charge is -2.03. The summed E-state index contributed by atoms with van der Waals surface area (Å²) < 4.78 is 3.43.